The molecule has 9 nitrogen and oxygen atoms in total. The van der Waals surface area contributed by atoms with E-state index in [2.05, 4.69) is 14.8 Å². The van der Waals surface area contributed by atoms with Crippen molar-refractivity contribution >= 4 is 29.6 Å². The molecule has 1 unspecified atom stereocenters. The number of amides is 1. The molecule has 0 fully saturated rings. The molecule has 2 aromatic carbocycles. The highest BCUT2D eigenvalue weighted by molar-refractivity contribution is 7.95. The van der Waals surface area contributed by atoms with Gasteiger partial charge in [0.05, 0.1) is 39.9 Å². The van der Waals surface area contributed by atoms with E-state index in [0.29, 0.717) is 18.6 Å². The zero-order valence-corrected chi connectivity index (χ0v) is 23.6. The van der Waals surface area contributed by atoms with Crippen LogP contribution in [0.4, 0.5) is 27.6 Å². The summed E-state index contributed by atoms with van der Waals surface area (Å²) in [7, 11) is 1.40. The molecule has 44 heavy (non-hydrogen) atoms. The lowest BCUT2D eigenvalue weighted by molar-refractivity contribution is -0.142. The zero-order chi connectivity index (χ0) is 31.6. The van der Waals surface area contributed by atoms with Crippen LogP contribution >= 0.6 is 12.0 Å². The molecule has 0 aliphatic heterocycles. The van der Waals surface area contributed by atoms with Gasteiger partial charge in [-0.3, -0.25) is 4.79 Å². The first kappa shape index (κ1) is 30.8. The number of nitrogens with zero attached hydrogens (tertiary/aromatic N) is 4. The number of ether oxygens (including phenoxy) is 1. The number of carboxylic acid groups (broad SMARTS) is 1. The monoisotopic (exact) mass is 634 g/mol. The fraction of sp³-hybridized carbons (Fsp3) is 0.241. The van der Waals surface area contributed by atoms with Crippen LogP contribution in [0.5, 0.6) is 11.6 Å². The van der Waals surface area contributed by atoms with Gasteiger partial charge in [-0.15, -0.1) is 0 Å². The van der Waals surface area contributed by atoms with Crippen molar-refractivity contribution in [2.24, 2.45) is 0 Å². The first-order valence-electron chi connectivity index (χ1n) is 13.1. The highest BCUT2D eigenvalue weighted by Gasteiger charge is 2.42. The summed E-state index contributed by atoms with van der Waals surface area (Å²) < 4.78 is 78.9. The maximum absolute atomic E-state index is 14.1. The Kier molecular flexibility index (Phi) is 8.76. The quantitative estimate of drug-likeness (QED) is 0.156. The number of hydrogen-bond acceptors (Lipinski definition) is 7. The molecule has 15 heteroatoms. The Balaban J connectivity index is 1.46. The van der Waals surface area contributed by atoms with Crippen LogP contribution < -0.4 is 13.8 Å². The highest BCUT2D eigenvalue weighted by Crippen LogP contribution is 2.45. The Labute approximate surface area is 251 Å². The second-order valence-electron chi connectivity index (χ2n) is 9.66. The largest absolute Gasteiger partial charge is 0.478 e. The van der Waals surface area contributed by atoms with Gasteiger partial charge >= 0.3 is 18.8 Å². The van der Waals surface area contributed by atoms with E-state index in [1.807, 2.05) is 0 Å². The van der Waals surface area contributed by atoms with Crippen molar-refractivity contribution in [3.8, 4) is 17.3 Å². The van der Waals surface area contributed by atoms with E-state index >= 15 is 0 Å². The third-order valence-corrected chi connectivity index (χ3v) is 7.79. The summed E-state index contributed by atoms with van der Waals surface area (Å²) in [6.45, 7) is -3.11. The molecule has 0 bridgehead atoms. The molecule has 2 aromatic heterocycles. The SMILES string of the molecule is CN(C(=O)c1cccc(-n2nc(C(F)(F)F)c3c2C(SOc2ccc(C(=O)O)cc2)CCC3)c1)c1ccnc(OC(F)F)c1. The van der Waals surface area contributed by atoms with Crippen LogP contribution in [0.3, 0.4) is 0 Å². The number of aromatic nitrogens is 3. The smallest absolute Gasteiger partial charge is 0.435 e. The molecule has 1 amide bonds. The summed E-state index contributed by atoms with van der Waals surface area (Å²) in [4.78, 5) is 29.3. The Morgan fingerprint density at radius 1 is 1.09 bits per heavy atom. The third kappa shape index (κ3) is 6.61. The van der Waals surface area contributed by atoms with Crippen LogP contribution in [-0.2, 0) is 12.6 Å². The number of halogens is 5. The van der Waals surface area contributed by atoms with Crippen molar-refractivity contribution in [2.45, 2.75) is 37.3 Å². The summed E-state index contributed by atoms with van der Waals surface area (Å²) >= 11 is 0.936. The van der Waals surface area contributed by atoms with E-state index in [4.69, 9.17) is 9.29 Å². The van der Waals surface area contributed by atoms with E-state index in [1.165, 1.54) is 77.4 Å². The van der Waals surface area contributed by atoms with Gasteiger partial charge in [0, 0.05) is 30.4 Å². The molecule has 1 aliphatic rings. The van der Waals surface area contributed by atoms with Crippen molar-refractivity contribution < 1.29 is 45.6 Å². The van der Waals surface area contributed by atoms with Crippen molar-refractivity contribution in [1.82, 2.24) is 14.8 Å². The van der Waals surface area contributed by atoms with Crippen molar-refractivity contribution in [1.29, 1.82) is 0 Å². The van der Waals surface area contributed by atoms with Crippen LogP contribution in [0.25, 0.3) is 5.69 Å². The standard InChI is InChI=1S/C29H23F5N4O5S/c1-37(18-12-13-35-23(15-18)42-28(30)31)26(39)17-4-2-5-19(14-17)38-24-21(25(36-38)29(32,33)34)6-3-7-22(24)44-43-20-10-8-16(9-11-20)27(40)41/h2,4-5,8-15,22,28H,3,6-7H2,1H3,(H,40,41). The summed E-state index contributed by atoms with van der Waals surface area (Å²) in [6, 6.07) is 14.1. The zero-order valence-electron chi connectivity index (χ0n) is 22.8. The fourth-order valence-corrected chi connectivity index (χ4v) is 5.71. The minimum absolute atomic E-state index is 0.0308. The average molecular weight is 635 g/mol. The Bertz CT molecular complexity index is 1680. The number of carbonyl (C=O) groups excluding carboxylic acids is 1. The average Bonchev–Trinajstić information content (AvgIpc) is 3.41. The van der Waals surface area contributed by atoms with E-state index in [-0.39, 0.29) is 40.2 Å². The van der Waals surface area contributed by atoms with E-state index < -0.39 is 41.5 Å². The molecule has 2 heterocycles. The Morgan fingerprint density at radius 2 is 1.84 bits per heavy atom. The van der Waals surface area contributed by atoms with Gasteiger partial charge in [-0.05, 0) is 67.8 Å². The minimum Gasteiger partial charge on any atom is -0.478 e. The number of hydrogen-bond donors (Lipinski definition) is 1. The van der Waals surface area contributed by atoms with Gasteiger partial charge < -0.3 is 18.9 Å². The summed E-state index contributed by atoms with van der Waals surface area (Å²) in [6.07, 6.45) is -2.47. The van der Waals surface area contributed by atoms with Crippen LogP contribution in [0, 0.1) is 0 Å². The molecule has 230 valence electrons. The predicted octanol–water partition coefficient (Wildman–Crippen LogP) is 6.97. The molecule has 0 spiro atoms. The van der Waals surface area contributed by atoms with Crippen molar-refractivity contribution in [3.63, 3.8) is 0 Å². The third-order valence-electron chi connectivity index (χ3n) is 6.81. The van der Waals surface area contributed by atoms with Gasteiger partial charge in [0.2, 0.25) is 5.88 Å². The lowest BCUT2D eigenvalue weighted by Gasteiger charge is -2.24. The summed E-state index contributed by atoms with van der Waals surface area (Å²) in [5, 5.41) is 12.5. The molecular weight excluding hydrogens is 611 g/mol. The fourth-order valence-electron chi connectivity index (χ4n) is 4.77. The first-order chi connectivity index (χ1) is 20.9. The van der Waals surface area contributed by atoms with Gasteiger partial charge in [0.1, 0.15) is 5.75 Å². The predicted molar refractivity (Wildman–Crippen MR) is 149 cm³/mol. The first-order valence-corrected chi connectivity index (χ1v) is 13.9. The number of carboxylic acids is 1. The van der Waals surface area contributed by atoms with Crippen LogP contribution in [-0.4, -0.2) is 45.4 Å². The van der Waals surface area contributed by atoms with Gasteiger partial charge in [0.15, 0.2) is 5.69 Å². The number of benzene rings is 2. The molecule has 1 N–H and O–H groups in total. The van der Waals surface area contributed by atoms with Crippen molar-refractivity contribution in [2.75, 3.05) is 11.9 Å². The second-order valence-corrected chi connectivity index (χ2v) is 10.6. The molecule has 1 aliphatic carbocycles. The Hall–Kier alpha value is -4.66. The van der Waals surface area contributed by atoms with Crippen LogP contribution in [0.15, 0.2) is 66.9 Å². The molecular formula is C29H23F5N4O5S. The van der Waals surface area contributed by atoms with E-state index in [1.54, 1.807) is 0 Å². The molecule has 0 saturated heterocycles. The van der Waals surface area contributed by atoms with Gasteiger partial charge in [-0.25, -0.2) is 14.5 Å². The van der Waals surface area contributed by atoms with Gasteiger partial charge in [-0.1, -0.05) is 6.07 Å². The van der Waals surface area contributed by atoms with Crippen LogP contribution in [0.1, 0.15) is 55.8 Å². The lowest BCUT2D eigenvalue weighted by atomic mass is 9.95. The molecule has 0 radical (unpaired) electrons. The number of fused-ring (bicyclic) bond motifs is 1. The number of anilines is 1. The van der Waals surface area contributed by atoms with Gasteiger partial charge in [0.25, 0.3) is 5.91 Å². The lowest BCUT2D eigenvalue weighted by Crippen LogP contribution is -2.26. The number of carbonyl (C=O) groups is 2. The van der Waals surface area contributed by atoms with Crippen LogP contribution in [0.2, 0.25) is 0 Å². The number of rotatable bonds is 9. The Morgan fingerprint density at radius 3 is 2.52 bits per heavy atom. The topological polar surface area (TPSA) is 107 Å². The summed E-state index contributed by atoms with van der Waals surface area (Å²) in [5.74, 6) is -1.75. The number of aromatic carboxylic acids is 1. The normalized spacial score (nSPS) is 14.7. The molecule has 0 saturated carbocycles. The molecule has 5 rings (SSSR count). The molecule has 1 atom stereocenters. The number of alkyl halides is 5. The maximum atomic E-state index is 14.1. The summed E-state index contributed by atoms with van der Waals surface area (Å²) in [5.41, 5.74) is -0.162. The van der Waals surface area contributed by atoms with Crippen molar-refractivity contribution in [3.05, 3.63) is 94.9 Å². The van der Waals surface area contributed by atoms with Gasteiger partial charge in [-0.2, -0.15) is 27.1 Å². The molecule has 4 aromatic rings. The van der Waals surface area contributed by atoms with E-state index in [9.17, 15) is 31.5 Å². The minimum atomic E-state index is -4.73. The second kappa shape index (κ2) is 12.5. The maximum Gasteiger partial charge on any atom is 0.435 e. The van der Waals surface area contributed by atoms with E-state index in [0.717, 1.165) is 18.1 Å². The highest BCUT2D eigenvalue weighted by atomic mass is 32.2. The number of pyridine rings is 1.